The number of primary amides is 1. The first-order valence-electron chi connectivity index (χ1n) is 8.10. The summed E-state index contributed by atoms with van der Waals surface area (Å²) in [5, 5.41) is 16.5. The fourth-order valence-corrected chi connectivity index (χ4v) is 2.53. The standard InChI is InChI=1S/C18H17N5O4/c19-16(25)15(24)13(9-11-5-2-1-3-6-11)22-18(26)12-10-27-23-14(12)17-20-7-4-8-21-17/h1-8,10,13,15,24H,9H2,(H2,19,25)(H,22,26). The van der Waals surface area contributed by atoms with Crippen molar-refractivity contribution in [2.75, 3.05) is 0 Å². The Hall–Kier alpha value is -3.59. The Bertz CT molecular complexity index is 914. The molecule has 2 heterocycles. The molecule has 0 bridgehead atoms. The molecule has 3 aromatic rings. The average Bonchev–Trinajstić information content (AvgIpc) is 3.18. The molecule has 0 aliphatic heterocycles. The molecule has 2 unspecified atom stereocenters. The van der Waals surface area contributed by atoms with Crippen LogP contribution in [0.5, 0.6) is 0 Å². The predicted molar refractivity (Wildman–Crippen MR) is 94.1 cm³/mol. The Morgan fingerprint density at radius 1 is 1.15 bits per heavy atom. The maximum atomic E-state index is 12.7. The number of nitrogens with zero attached hydrogens (tertiary/aromatic N) is 3. The van der Waals surface area contributed by atoms with Gasteiger partial charge >= 0.3 is 0 Å². The van der Waals surface area contributed by atoms with Gasteiger partial charge in [0.2, 0.25) is 5.91 Å². The molecule has 2 aromatic heterocycles. The van der Waals surface area contributed by atoms with Crippen molar-refractivity contribution in [1.29, 1.82) is 0 Å². The molecule has 2 atom stereocenters. The highest BCUT2D eigenvalue weighted by Crippen LogP contribution is 2.18. The zero-order valence-electron chi connectivity index (χ0n) is 14.1. The molecule has 27 heavy (non-hydrogen) atoms. The first kappa shape index (κ1) is 18.2. The molecule has 9 heteroatoms. The second kappa shape index (κ2) is 8.19. The smallest absolute Gasteiger partial charge is 0.257 e. The van der Waals surface area contributed by atoms with Gasteiger partial charge in [0.1, 0.15) is 11.8 Å². The number of aliphatic hydroxyl groups excluding tert-OH is 1. The van der Waals surface area contributed by atoms with Gasteiger partial charge in [-0.05, 0) is 18.1 Å². The Balaban J connectivity index is 1.83. The quantitative estimate of drug-likeness (QED) is 0.545. The predicted octanol–water partition coefficient (Wildman–Crippen LogP) is 0.319. The van der Waals surface area contributed by atoms with Gasteiger partial charge in [0, 0.05) is 12.4 Å². The molecule has 138 valence electrons. The van der Waals surface area contributed by atoms with Crippen molar-refractivity contribution in [3.63, 3.8) is 0 Å². The van der Waals surface area contributed by atoms with Crippen LogP contribution in [0.4, 0.5) is 0 Å². The molecule has 0 aliphatic rings. The van der Waals surface area contributed by atoms with Gasteiger partial charge in [-0.3, -0.25) is 9.59 Å². The van der Waals surface area contributed by atoms with E-state index < -0.39 is 24.0 Å². The monoisotopic (exact) mass is 367 g/mol. The third-order valence-corrected chi connectivity index (χ3v) is 3.88. The second-order valence-corrected chi connectivity index (χ2v) is 5.77. The minimum atomic E-state index is -1.56. The lowest BCUT2D eigenvalue weighted by atomic mass is 10.00. The normalized spacial score (nSPS) is 12.9. The molecule has 4 N–H and O–H groups in total. The number of benzene rings is 1. The van der Waals surface area contributed by atoms with Crippen LogP contribution < -0.4 is 11.1 Å². The summed E-state index contributed by atoms with van der Waals surface area (Å²) >= 11 is 0. The van der Waals surface area contributed by atoms with Crippen LogP contribution in [0.15, 0.2) is 59.6 Å². The van der Waals surface area contributed by atoms with E-state index in [1.807, 2.05) is 30.3 Å². The van der Waals surface area contributed by atoms with E-state index in [1.54, 1.807) is 6.07 Å². The summed E-state index contributed by atoms with van der Waals surface area (Å²) in [4.78, 5) is 32.2. The minimum absolute atomic E-state index is 0.0796. The first-order chi connectivity index (χ1) is 13.1. The summed E-state index contributed by atoms with van der Waals surface area (Å²) in [6.45, 7) is 0. The number of nitrogens with two attached hydrogens (primary N) is 1. The van der Waals surface area contributed by atoms with E-state index in [9.17, 15) is 14.7 Å². The Labute approximate surface area is 154 Å². The Morgan fingerprint density at radius 2 is 1.85 bits per heavy atom. The van der Waals surface area contributed by atoms with Crippen LogP contribution in [0.25, 0.3) is 11.5 Å². The van der Waals surface area contributed by atoms with E-state index in [1.165, 1.54) is 12.4 Å². The van der Waals surface area contributed by atoms with Crippen molar-refractivity contribution < 1.29 is 19.2 Å². The number of amides is 2. The third kappa shape index (κ3) is 4.33. The SMILES string of the molecule is NC(=O)C(O)C(Cc1ccccc1)NC(=O)c1conc1-c1ncccn1. The Morgan fingerprint density at radius 3 is 2.52 bits per heavy atom. The maximum absolute atomic E-state index is 12.7. The van der Waals surface area contributed by atoms with E-state index in [2.05, 4.69) is 20.4 Å². The lowest BCUT2D eigenvalue weighted by Crippen LogP contribution is -2.50. The van der Waals surface area contributed by atoms with E-state index in [-0.39, 0.29) is 23.5 Å². The summed E-state index contributed by atoms with van der Waals surface area (Å²) in [6.07, 6.45) is 2.81. The van der Waals surface area contributed by atoms with Crippen molar-refractivity contribution in [3.05, 3.63) is 66.2 Å². The molecular weight excluding hydrogens is 350 g/mol. The topological polar surface area (TPSA) is 144 Å². The largest absolute Gasteiger partial charge is 0.381 e. The fraction of sp³-hybridized carbons (Fsp3) is 0.167. The van der Waals surface area contributed by atoms with Gasteiger partial charge in [0.25, 0.3) is 5.91 Å². The number of hydrogen-bond acceptors (Lipinski definition) is 7. The summed E-state index contributed by atoms with van der Waals surface area (Å²) in [6, 6.07) is 9.79. The van der Waals surface area contributed by atoms with Crippen LogP contribution in [-0.2, 0) is 11.2 Å². The van der Waals surface area contributed by atoms with Gasteiger partial charge < -0.3 is 20.7 Å². The number of carbonyl (C=O) groups excluding carboxylic acids is 2. The van der Waals surface area contributed by atoms with Crippen molar-refractivity contribution >= 4 is 11.8 Å². The van der Waals surface area contributed by atoms with E-state index in [0.717, 1.165) is 11.8 Å². The molecule has 0 radical (unpaired) electrons. The second-order valence-electron chi connectivity index (χ2n) is 5.77. The van der Waals surface area contributed by atoms with Crippen LogP contribution in [0.2, 0.25) is 0 Å². The van der Waals surface area contributed by atoms with Crippen molar-refractivity contribution in [2.24, 2.45) is 5.73 Å². The molecule has 0 aliphatic carbocycles. The Kier molecular flexibility index (Phi) is 5.53. The summed E-state index contributed by atoms with van der Waals surface area (Å²) < 4.78 is 4.88. The molecule has 0 fully saturated rings. The van der Waals surface area contributed by atoms with Crippen molar-refractivity contribution in [3.8, 4) is 11.5 Å². The van der Waals surface area contributed by atoms with Crippen LogP contribution >= 0.6 is 0 Å². The summed E-state index contributed by atoms with van der Waals surface area (Å²) in [5.74, 6) is -1.32. The zero-order chi connectivity index (χ0) is 19.2. The highest BCUT2D eigenvalue weighted by atomic mass is 16.5. The van der Waals surface area contributed by atoms with Crippen molar-refractivity contribution in [2.45, 2.75) is 18.6 Å². The number of aromatic nitrogens is 3. The van der Waals surface area contributed by atoms with Crippen LogP contribution in [-0.4, -0.2) is 44.2 Å². The average molecular weight is 367 g/mol. The number of nitrogens with one attached hydrogen (secondary N) is 1. The minimum Gasteiger partial charge on any atom is -0.381 e. The van der Waals surface area contributed by atoms with Gasteiger partial charge in [0.05, 0.1) is 6.04 Å². The third-order valence-electron chi connectivity index (χ3n) is 3.88. The molecule has 2 amide bonds. The van der Waals surface area contributed by atoms with Crippen molar-refractivity contribution in [1.82, 2.24) is 20.4 Å². The van der Waals surface area contributed by atoms with Crippen LogP contribution in [0.3, 0.4) is 0 Å². The van der Waals surface area contributed by atoms with Crippen LogP contribution in [0.1, 0.15) is 15.9 Å². The van der Waals surface area contributed by atoms with E-state index >= 15 is 0 Å². The van der Waals surface area contributed by atoms with E-state index in [4.69, 9.17) is 10.3 Å². The van der Waals surface area contributed by atoms with Gasteiger partial charge in [-0.2, -0.15) is 0 Å². The summed E-state index contributed by atoms with van der Waals surface area (Å²) in [7, 11) is 0. The number of carbonyl (C=O) groups is 2. The maximum Gasteiger partial charge on any atom is 0.257 e. The molecule has 1 aromatic carbocycles. The first-order valence-corrected chi connectivity index (χ1v) is 8.10. The number of rotatable bonds is 7. The van der Waals surface area contributed by atoms with Crippen LogP contribution in [0, 0.1) is 0 Å². The fourth-order valence-electron chi connectivity index (χ4n) is 2.53. The molecular formula is C18H17N5O4. The van der Waals surface area contributed by atoms with Gasteiger partial charge in [-0.1, -0.05) is 35.5 Å². The lowest BCUT2D eigenvalue weighted by molar-refractivity contribution is -0.127. The molecule has 9 nitrogen and oxygen atoms in total. The molecule has 3 rings (SSSR count). The molecule has 0 saturated heterocycles. The number of hydrogen-bond donors (Lipinski definition) is 3. The summed E-state index contributed by atoms with van der Waals surface area (Å²) in [5.41, 5.74) is 6.27. The van der Waals surface area contributed by atoms with Gasteiger partial charge in [-0.25, -0.2) is 9.97 Å². The zero-order valence-corrected chi connectivity index (χ0v) is 14.1. The van der Waals surface area contributed by atoms with E-state index in [0.29, 0.717) is 0 Å². The highest BCUT2D eigenvalue weighted by molar-refractivity contribution is 5.99. The highest BCUT2D eigenvalue weighted by Gasteiger charge is 2.28. The van der Waals surface area contributed by atoms with Gasteiger partial charge in [-0.15, -0.1) is 0 Å². The number of aliphatic hydroxyl groups is 1. The molecule has 0 saturated carbocycles. The molecule has 0 spiro atoms. The lowest BCUT2D eigenvalue weighted by Gasteiger charge is -2.22. The van der Waals surface area contributed by atoms with Gasteiger partial charge in [0.15, 0.2) is 17.6 Å².